The Morgan fingerprint density at radius 1 is 1.11 bits per heavy atom. The lowest BCUT2D eigenvalue weighted by Crippen LogP contribution is -2.16. The minimum Gasteiger partial charge on any atom is -0.385 e. The van der Waals surface area contributed by atoms with Gasteiger partial charge in [-0.1, -0.05) is 25.6 Å². The van der Waals surface area contributed by atoms with Crippen LogP contribution in [0, 0.1) is 0 Å². The SMILES string of the molecule is CCOC.CCOC.CCS(=O)(=O)Cl.CCSC(C)=O.O=C1CCC(=O)N1Cl.[2HH].[2HH].[3HH].[3HH]. The maximum absolute atomic E-state index is 10.4. The first kappa shape index (κ1) is 35.1. The zero-order chi connectivity index (χ0) is 23.2. The van der Waals surface area contributed by atoms with Crippen molar-refractivity contribution in [1.29, 1.82) is 0 Å². The Labute approximate surface area is 189 Å². The van der Waals surface area contributed by atoms with Gasteiger partial charge in [-0.05, 0) is 19.6 Å². The molecule has 0 aromatic rings. The molecule has 1 aliphatic rings. The Balaban J connectivity index is -0.0000000373. The van der Waals surface area contributed by atoms with Gasteiger partial charge in [0.25, 0.3) is 0 Å². The van der Waals surface area contributed by atoms with Gasteiger partial charge >= 0.3 is 0 Å². The molecular weight excluding hydrogens is 453 g/mol. The van der Waals surface area contributed by atoms with E-state index in [9.17, 15) is 22.8 Å². The third-order valence-corrected chi connectivity index (χ3v) is 4.68. The molecule has 1 aliphatic heterocycles. The fourth-order valence-corrected chi connectivity index (χ4v) is 1.33. The van der Waals surface area contributed by atoms with E-state index in [1.807, 2.05) is 20.8 Å². The number of imide groups is 1. The van der Waals surface area contributed by atoms with Gasteiger partial charge in [-0.25, -0.2) is 8.42 Å². The van der Waals surface area contributed by atoms with Crippen molar-refractivity contribution in [2.45, 2.75) is 47.5 Å². The minimum atomic E-state index is -3.19. The standard InChI is InChI=1S/C4H4ClNO2.C4H8OS.2C3H8O.C2H5ClO2S.4H2/c5-6-3(7)1-2-4(6)8;1-3-6-4(2)5;2*1-3-4-2;1-2-6(3,4)5;;;;/h1-2H2;3H2,1-2H3;2*3H2,1-2H3;2H2,1H3;4*1H/i;;;;;2*1+2;2*1+1. The Kier molecular flexibility index (Phi) is 30.9. The fraction of sp³-hybridized carbons (Fsp3) is 0.812. The molecule has 1 rings (SSSR count). The Bertz CT molecular complexity index is 497. The number of carbonyl (C=O) groups is 3. The van der Waals surface area contributed by atoms with Gasteiger partial charge in [0, 0.05) is 75.4 Å². The smallest absolute Gasteiger partial charge is 0.244 e. The van der Waals surface area contributed by atoms with Crippen molar-refractivity contribution >= 4 is 60.2 Å². The summed E-state index contributed by atoms with van der Waals surface area (Å²) in [6, 6.07) is 0. The number of halogens is 2. The van der Waals surface area contributed by atoms with E-state index in [0.29, 0.717) is 4.42 Å². The molecule has 0 unspecified atom stereocenters. The predicted molar refractivity (Wildman–Crippen MR) is 125 cm³/mol. The number of amides is 2. The first-order chi connectivity index (χ1) is 12.9. The Morgan fingerprint density at radius 2 is 1.39 bits per heavy atom. The highest BCUT2D eigenvalue weighted by molar-refractivity contribution is 8.13. The van der Waals surface area contributed by atoms with Crippen molar-refractivity contribution in [2.75, 3.05) is 38.9 Å². The molecule has 12 heteroatoms. The summed E-state index contributed by atoms with van der Waals surface area (Å²) < 4.78 is 29.3. The molecule has 28 heavy (non-hydrogen) atoms. The highest BCUT2D eigenvalue weighted by atomic mass is 35.7. The van der Waals surface area contributed by atoms with E-state index in [-0.39, 0.29) is 41.2 Å². The van der Waals surface area contributed by atoms with Crippen molar-refractivity contribution < 1.29 is 38.0 Å². The molecule has 1 fully saturated rings. The van der Waals surface area contributed by atoms with Crippen LogP contribution in [0.4, 0.5) is 0 Å². The van der Waals surface area contributed by atoms with Gasteiger partial charge in [0.2, 0.25) is 20.9 Å². The van der Waals surface area contributed by atoms with Crippen LogP contribution >= 0.6 is 34.2 Å². The molecule has 0 saturated carbocycles. The van der Waals surface area contributed by atoms with E-state index in [0.717, 1.165) is 19.0 Å². The van der Waals surface area contributed by atoms with Gasteiger partial charge in [0.15, 0.2) is 5.12 Å². The van der Waals surface area contributed by atoms with Gasteiger partial charge in [0.05, 0.1) is 5.75 Å². The number of ether oxygens (including phenoxy) is 2. The summed E-state index contributed by atoms with van der Waals surface area (Å²) in [6.45, 7) is 10.6. The zero-order valence-electron chi connectivity index (χ0n) is 17.6. The van der Waals surface area contributed by atoms with Crippen LogP contribution in [0.2, 0.25) is 0 Å². The summed E-state index contributed by atoms with van der Waals surface area (Å²) in [6.07, 6.45) is 0.532. The maximum atomic E-state index is 10.4. The lowest BCUT2D eigenvalue weighted by Gasteiger charge is -1.96. The molecule has 2 amide bonds. The van der Waals surface area contributed by atoms with E-state index in [4.69, 9.17) is 11.8 Å². The predicted octanol–water partition coefficient (Wildman–Crippen LogP) is 4.44. The molecule has 0 aromatic carbocycles. The van der Waals surface area contributed by atoms with E-state index in [1.54, 1.807) is 21.1 Å². The van der Waals surface area contributed by atoms with Gasteiger partial charge in [-0.2, -0.15) is 4.42 Å². The molecule has 0 atom stereocenters. The average Bonchev–Trinajstić information content (AvgIpc) is 2.93. The monoisotopic (exact) mass is 499 g/mol. The summed E-state index contributed by atoms with van der Waals surface area (Å²) in [5, 5.41) is 0.206. The molecule has 0 bridgehead atoms. The van der Waals surface area contributed by atoms with Gasteiger partial charge in [-0.3, -0.25) is 14.4 Å². The molecule has 0 spiro atoms. The first-order valence-electron chi connectivity index (χ1n) is 8.43. The number of nitrogens with zero attached hydrogens (tertiary/aromatic N) is 1. The van der Waals surface area contributed by atoms with Crippen LogP contribution in [0.1, 0.15) is 53.2 Å². The Hall–Kier alpha value is -0.390. The summed E-state index contributed by atoms with van der Waals surface area (Å²) in [5.74, 6) is 0.317. The number of rotatable bonds is 4. The van der Waals surface area contributed by atoms with Crippen LogP contribution in [0.3, 0.4) is 0 Å². The normalized spacial score (nSPS) is 12.2. The van der Waals surface area contributed by atoms with Gasteiger partial charge in [0.1, 0.15) is 0 Å². The highest BCUT2D eigenvalue weighted by Gasteiger charge is 2.26. The second kappa shape index (κ2) is 24.6. The summed E-state index contributed by atoms with van der Waals surface area (Å²) in [4.78, 5) is 30.7. The van der Waals surface area contributed by atoms with Gasteiger partial charge < -0.3 is 9.47 Å². The fourth-order valence-electron chi connectivity index (χ4n) is 0.753. The second-order valence-electron chi connectivity index (χ2n) is 4.48. The van der Waals surface area contributed by atoms with Crippen molar-refractivity contribution in [3.63, 3.8) is 0 Å². The maximum Gasteiger partial charge on any atom is 0.244 e. The van der Waals surface area contributed by atoms with Crippen LogP contribution in [-0.4, -0.2) is 68.7 Å². The number of methoxy groups -OCH3 is 2. The topological polar surface area (TPSA) is 107 Å². The third kappa shape index (κ3) is 36.5. The molecule has 1 heterocycles. The van der Waals surface area contributed by atoms with Crippen LogP contribution in [-0.2, 0) is 32.9 Å². The first-order valence-corrected chi connectivity index (χ1v) is 12.2. The minimum absolute atomic E-state index is 0. The number of hydrogen-bond donors (Lipinski definition) is 0. The number of hydrogen-bond acceptors (Lipinski definition) is 8. The molecule has 0 aromatic heterocycles. The van der Waals surface area contributed by atoms with Crippen LogP contribution in [0.5, 0.6) is 0 Å². The number of carbonyl (C=O) groups excluding carboxylic acids is 3. The van der Waals surface area contributed by atoms with E-state index in [2.05, 4.69) is 20.2 Å². The summed E-state index contributed by atoms with van der Waals surface area (Å²) in [5.41, 5.74) is 0. The zero-order valence-corrected chi connectivity index (χ0v) is 20.8. The van der Waals surface area contributed by atoms with Crippen molar-refractivity contribution in [3.8, 4) is 0 Å². The average molecular weight is 501 g/mol. The lowest BCUT2D eigenvalue weighted by molar-refractivity contribution is -0.132. The third-order valence-electron chi connectivity index (χ3n) is 2.26. The molecule has 0 aliphatic carbocycles. The molecule has 8 nitrogen and oxygen atoms in total. The highest BCUT2D eigenvalue weighted by Crippen LogP contribution is 2.12. The lowest BCUT2D eigenvalue weighted by atomic mass is 10.4. The Morgan fingerprint density at radius 3 is 1.43 bits per heavy atom. The number of thioether (sulfide) groups is 1. The van der Waals surface area contributed by atoms with E-state index < -0.39 is 9.05 Å². The van der Waals surface area contributed by atoms with Crippen LogP contribution in [0.15, 0.2) is 0 Å². The molecule has 0 N–H and O–H groups in total. The molecule has 178 valence electrons. The van der Waals surface area contributed by atoms with Crippen molar-refractivity contribution in [2.24, 2.45) is 0 Å². The van der Waals surface area contributed by atoms with Gasteiger partial charge in [-0.15, -0.1) is 0 Å². The summed E-state index contributed by atoms with van der Waals surface area (Å²) >= 11 is 6.49. The summed E-state index contributed by atoms with van der Waals surface area (Å²) in [7, 11) is 4.86. The van der Waals surface area contributed by atoms with Crippen LogP contribution < -0.4 is 0 Å². The molecule has 1 saturated heterocycles. The second-order valence-corrected chi connectivity index (χ2v) is 9.32. The molecular formula is C16H41Cl2NO7S2. The molecule has 0 radical (unpaired) electrons. The van der Waals surface area contributed by atoms with Crippen LogP contribution in [0.25, 0.3) is 0 Å². The van der Waals surface area contributed by atoms with E-state index >= 15 is 0 Å². The quantitative estimate of drug-likeness (QED) is 0.317. The van der Waals surface area contributed by atoms with Crippen molar-refractivity contribution in [1.82, 2.24) is 4.42 Å². The van der Waals surface area contributed by atoms with Crippen molar-refractivity contribution in [3.05, 3.63) is 0 Å². The largest absolute Gasteiger partial charge is 0.385 e. The van der Waals surface area contributed by atoms with E-state index in [1.165, 1.54) is 18.7 Å².